The van der Waals surface area contributed by atoms with E-state index in [1.807, 2.05) is 0 Å². The fraction of sp³-hybridized carbons (Fsp3) is 0.800. The lowest BCUT2D eigenvalue weighted by Gasteiger charge is -2.31. The lowest BCUT2D eigenvalue weighted by molar-refractivity contribution is -0.125. The van der Waals surface area contributed by atoms with Gasteiger partial charge in [0, 0.05) is 25.7 Å². The maximum absolute atomic E-state index is 11.3. The number of nitrogens with zero attached hydrogens (tertiary/aromatic N) is 2. The Morgan fingerprint density at radius 2 is 2.19 bits per heavy atom. The monoisotopic (exact) mass is 226 g/mol. The van der Waals surface area contributed by atoms with Gasteiger partial charge < -0.3 is 16.0 Å². The van der Waals surface area contributed by atoms with Crippen molar-refractivity contribution in [3.8, 4) is 0 Å². The zero-order valence-electron chi connectivity index (χ0n) is 9.32. The van der Waals surface area contributed by atoms with Gasteiger partial charge in [-0.3, -0.25) is 9.69 Å². The first kappa shape index (κ1) is 11.3. The average Bonchev–Trinajstić information content (AvgIpc) is 2.56. The fourth-order valence-electron chi connectivity index (χ4n) is 2.22. The maximum atomic E-state index is 11.3. The predicted molar refractivity (Wildman–Crippen MR) is 58.8 cm³/mol. The highest BCUT2D eigenvalue weighted by Gasteiger charge is 2.28. The molecule has 0 aromatic rings. The van der Waals surface area contributed by atoms with Gasteiger partial charge in [0.2, 0.25) is 5.91 Å². The molecule has 0 unspecified atom stereocenters. The van der Waals surface area contributed by atoms with E-state index in [1.165, 1.54) is 4.90 Å². The SMILES string of the molecule is N[C@@H]1CCCN(CCN2C(=O)CNC2=O)C1. The molecule has 2 heterocycles. The van der Waals surface area contributed by atoms with Crippen LogP contribution in [0.5, 0.6) is 0 Å². The molecule has 2 rings (SSSR count). The second-order valence-corrected chi connectivity index (χ2v) is 4.41. The second-order valence-electron chi connectivity index (χ2n) is 4.41. The van der Waals surface area contributed by atoms with Gasteiger partial charge in [-0.05, 0) is 19.4 Å². The lowest BCUT2D eigenvalue weighted by atomic mass is 10.1. The summed E-state index contributed by atoms with van der Waals surface area (Å²) >= 11 is 0. The molecule has 6 nitrogen and oxygen atoms in total. The van der Waals surface area contributed by atoms with Crippen LogP contribution in [0, 0.1) is 0 Å². The number of amides is 3. The molecule has 3 N–H and O–H groups in total. The number of nitrogens with two attached hydrogens (primary N) is 1. The number of hydrogen-bond acceptors (Lipinski definition) is 4. The van der Waals surface area contributed by atoms with Crippen LogP contribution in [0.25, 0.3) is 0 Å². The standard InChI is InChI=1S/C10H18N4O2/c11-8-2-1-3-13(7-8)4-5-14-9(15)6-12-10(14)16/h8H,1-7,11H2,(H,12,16)/t8-/m1/s1. The van der Waals surface area contributed by atoms with Gasteiger partial charge in [0.15, 0.2) is 0 Å². The predicted octanol–water partition coefficient (Wildman–Crippen LogP) is -1.04. The number of urea groups is 1. The first-order valence-corrected chi connectivity index (χ1v) is 5.73. The molecule has 0 saturated carbocycles. The minimum atomic E-state index is -0.272. The summed E-state index contributed by atoms with van der Waals surface area (Å²) in [5.41, 5.74) is 5.86. The molecule has 0 bridgehead atoms. The van der Waals surface area contributed by atoms with E-state index in [2.05, 4.69) is 10.2 Å². The zero-order chi connectivity index (χ0) is 11.5. The molecule has 0 radical (unpaired) electrons. The van der Waals surface area contributed by atoms with Gasteiger partial charge in [0.05, 0.1) is 6.54 Å². The van der Waals surface area contributed by atoms with Crippen molar-refractivity contribution in [2.75, 3.05) is 32.7 Å². The van der Waals surface area contributed by atoms with E-state index >= 15 is 0 Å². The van der Waals surface area contributed by atoms with Gasteiger partial charge in [-0.1, -0.05) is 0 Å². The van der Waals surface area contributed by atoms with Crippen molar-refractivity contribution in [3.63, 3.8) is 0 Å². The summed E-state index contributed by atoms with van der Waals surface area (Å²) in [6.45, 7) is 3.21. The first-order valence-electron chi connectivity index (χ1n) is 5.73. The van der Waals surface area contributed by atoms with Crippen molar-refractivity contribution in [2.24, 2.45) is 5.73 Å². The third-order valence-corrected chi connectivity index (χ3v) is 3.12. The average molecular weight is 226 g/mol. The number of piperidine rings is 1. The molecule has 2 aliphatic heterocycles. The van der Waals surface area contributed by atoms with E-state index in [-0.39, 0.29) is 24.5 Å². The third kappa shape index (κ3) is 2.51. The van der Waals surface area contributed by atoms with Crippen molar-refractivity contribution in [1.29, 1.82) is 0 Å². The van der Waals surface area contributed by atoms with Crippen LogP contribution in [0.2, 0.25) is 0 Å². The van der Waals surface area contributed by atoms with E-state index in [1.54, 1.807) is 0 Å². The maximum Gasteiger partial charge on any atom is 0.324 e. The lowest BCUT2D eigenvalue weighted by Crippen LogP contribution is -2.46. The van der Waals surface area contributed by atoms with Gasteiger partial charge in [-0.2, -0.15) is 0 Å². The number of hydrogen-bond donors (Lipinski definition) is 2. The highest BCUT2D eigenvalue weighted by Crippen LogP contribution is 2.08. The number of likely N-dealkylation sites (tertiary alicyclic amines) is 1. The molecule has 2 saturated heterocycles. The van der Waals surface area contributed by atoms with E-state index < -0.39 is 0 Å². The highest BCUT2D eigenvalue weighted by molar-refractivity contribution is 6.01. The summed E-state index contributed by atoms with van der Waals surface area (Å²) in [4.78, 5) is 26.1. The summed E-state index contributed by atoms with van der Waals surface area (Å²) in [6, 6.07) is -0.0387. The Balaban J connectivity index is 1.78. The van der Waals surface area contributed by atoms with Crippen molar-refractivity contribution >= 4 is 11.9 Å². The summed E-state index contributed by atoms with van der Waals surface area (Å²) in [5, 5.41) is 2.51. The van der Waals surface area contributed by atoms with Crippen LogP contribution in [0.3, 0.4) is 0 Å². The topological polar surface area (TPSA) is 78.7 Å². The number of imide groups is 1. The number of carbonyl (C=O) groups is 2. The normalized spacial score (nSPS) is 27.3. The van der Waals surface area contributed by atoms with Gasteiger partial charge in [-0.15, -0.1) is 0 Å². The number of carbonyl (C=O) groups excluding carboxylic acids is 2. The molecule has 3 amide bonds. The molecule has 90 valence electrons. The number of rotatable bonds is 3. The van der Waals surface area contributed by atoms with Gasteiger partial charge in [0.25, 0.3) is 0 Å². The minimum absolute atomic E-state index is 0.133. The Kier molecular flexibility index (Phi) is 3.40. The van der Waals surface area contributed by atoms with Crippen LogP contribution >= 0.6 is 0 Å². The third-order valence-electron chi connectivity index (χ3n) is 3.12. The van der Waals surface area contributed by atoms with Gasteiger partial charge in [0.1, 0.15) is 0 Å². The molecule has 16 heavy (non-hydrogen) atoms. The molecule has 0 aliphatic carbocycles. The summed E-state index contributed by atoms with van der Waals surface area (Å²) in [6.07, 6.45) is 2.17. The Bertz CT molecular complexity index is 279. The van der Waals surface area contributed by atoms with Crippen LogP contribution in [-0.4, -0.2) is 60.5 Å². The Hall–Kier alpha value is -1.14. The summed E-state index contributed by atoms with van der Waals surface area (Å²) in [7, 11) is 0. The molecule has 0 spiro atoms. The van der Waals surface area contributed by atoms with Crippen molar-refractivity contribution in [3.05, 3.63) is 0 Å². The molecular weight excluding hydrogens is 208 g/mol. The number of nitrogens with one attached hydrogen (secondary N) is 1. The van der Waals surface area contributed by atoms with E-state index in [0.29, 0.717) is 6.54 Å². The molecule has 2 aliphatic rings. The largest absolute Gasteiger partial charge is 0.329 e. The molecule has 0 aromatic carbocycles. The Morgan fingerprint density at radius 3 is 2.81 bits per heavy atom. The smallest absolute Gasteiger partial charge is 0.324 e. The van der Waals surface area contributed by atoms with Crippen LogP contribution < -0.4 is 11.1 Å². The quantitative estimate of drug-likeness (QED) is 0.603. The van der Waals surface area contributed by atoms with Crippen LogP contribution in [-0.2, 0) is 4.79 Å². The van der Waals surface area contributed by atoms with E-state index in [4.69, 9.17) is 5.73 Å². The van der Waals surface area contributed by atoms with Crippen molar-refractivity contribution < 1.29 is 9.59 Å². The summed E-state index contributed by atoms with van der Waals surface area (Å²) in [5.74, 6) is -0.133. The van der Waals surface area contributed by atoms with Crippen LogP contribution in [0.4, 0.5) is 4.79 Å². The van der Waals surface area contributed by atoms with Gasteiger partial charge in [-0.25, -0.2) is 4.79 Å². The zero-order valence-corrected chi connectivity index (χ0v) is 9.32. The molecule has 1 atom stereocenters. The second kappa shape index (κ2) is 4.80. The van der Waals surface area contributed by atoms with Crippen molar-refractivity contribution in [2.45, 2.75) is 18.9 Å². The minimum Gasteiger partial charge on any atom is -0.329 e. The molecule has 6 heteroatoms. The fourth-order valence-corrected chi connectivity index (χ4v) is 2.22. The van der Waals surface area contributed by atoms with Crippen LogP contribution in [0.1, 0.15) is 12.8 Å². The highest BCUT2D eigenvalue weighted by atomic mass is 16.2. The molecule has 0 aromatic heterocycles. The van der Waals surface area contributed by atoms with E-state index in [0.717, 1.165) is 32.5 Å². The van der Waals surface area contributed by atoms with Gasteiger partial charge >= 0.3 is 6.03 Å². The Labute approximate surface area is 94.7 Å². The van der Waals surface area contributed by atoms with Crippen molar-refractivity contribution in [1.82, 2.24) is 15.1 Å². The van der Waals surface area contributed by atoms with Crippen LogP contribution in [0.15, 0.2) is 0 Å². The Morgan fingerprint density at radius 1 is 1.38 bits per heavy atom. The van der Waals surface area contributed by atoms with E-state index in [9.17, 15) is 9.59 Å². The molecular formula is C10H18N4O2. The molecule has 2 fully saturated rings. The summed E-state index contributed by atoms with van der Waals surface area (Å²) < 4.78 is 0. The first-order chi connectivity index (χ1) is 7.66.